The van der Waals surface area contributed by atoms with Crippen molar-refractivity contribution >= 4 is 24.0 Å². The number of rotatable bonds is 0. The van der Waals surface area contributed by atoms with Crippen molar-refractivity contribution < 1.29 is 9.53 Å². The van der Waals surface area contributed by atoms with E-state index in [4.69, 9.17) is 4.74 Å². The summed E-state index contributed by atoms with van der Waals surface area (Å²) in [7, 11) is 0. The van der Waals surface area contributed by atoms with Crippen molar-refractivity contribution in [3.05, 3.63) is 41.5 Å². The molecular formula is C21H23ClN2O2. The van der Waals surface area contributed by atoms with Crippen LogP contribution in [-0.2, 0) is 14.9 Å². The minimum atomic E-state index is 0. The predicted molar refractivity (Wildman–Crippen MR) is 101 cm³/mol. The van der Waals surface area contributed by atoms with E-state index in [9.17, 15) is 4.79 Å². The molecule has 6 atom stereocenters. The maximum Gasteiger partial charge on any atom is 0.229 e. The number of benzene rings is 1. The van der Waals surface area contributed by atoms with Crippen LogP contribution in [0.25, 0.3) is 0 Å². The summed E-state index contributed by atoms with van der Waals surface area (Å²) < 4.78 is 6.25. The Balaban J connectivity index is 0.00000137. The van der Waals surface area contributed by atoms with Crippen molar-refractivity contribution in [2.45, 2.75) is 42.9 Å². The zero-order valence-corrected chi connectivity index (χ0v) is 15.5. The third kappa shape index (κ3) is 1.52. The maximum absolute atomic E-state index is 13.2. The van der Waals surface area contributed by atoms with Crippen molar-refractivity contribution in [2.24, 2.45) is 11.8 Å². The summed E-state index contributed by atoms with van der Waals surface area (Å²) in [6, 6.07) is 9.64. The number of halogens is 1. The Morgan fingerprint density at radius 3 is 3.04 bits per heavy atom. The molecule has 5 heterocycles. The van der Waals surface area contributed by atoms with Gasteiger partial charge < -0.3 is 9.64 Å². The van der Waals surface area contributed by atoms with Crippen molar-refractivity contribution in [1.82, 2.24) is 4.90 Å². The molecule has 4 fully saturated rings. The number of amides is 1. The Kier molecular flexibility index (Phi) is 2.96. The van der Waals surface area contributed by atoms with Crippen LogP contribution in [0.2, 0.25) is 0 Å². The highest BCUT2D eigenvalue weighted by atomic mass is 35.5. The fourth-order valence-corrected chi connectivity index (χ4v) is 7.51. The number of carbonyl (C=O) groups is 1. The molecule has 1 amide bonds. The van der Waals surface area contributed by atoms with Gasteiger partial charge in [-0.1, -0.05) is 29.8 Å². The van der Waals surface area contributed by atoms with E-state index in [1.165, 1.54) is 30.6 Å². The molecule has 1 aromatic rings. The first-order valence-electron chi connectivity index (χ1n) is 9.75. The molecule has 6 aliphatic rings. The fraction of sp³-hybridized carbons (Fsp3) is 0.571. The molecule has 1 aliphatic carbocycles. The number of hydrogen-bond donors (Lipinski definition) is 0. The van der Waals surface area contributed by atoms with Crippen molar-refractivity contribution in [3.8, 4) is 0 Å². The summed E-state index contributed by atoms with van der Waals surface area (Å²) in [5.41, 5.74) is 4.35. The third-order valence-corrected chi connectivity index (χ3v) is 8.22. The fourth-order valence-electron chi connectivity index (χ4n) is 7.51. The molecule has 1 saturated carbocycles. The average molecular weight is 371 g/mol. The highest BCUT2D eigenvalue weighted by Crippen LogP contribution is 2.65. The topological polar surface area (TPSA) is 32.8 Å². The lowest BCUT2D eigenvalue weighted by molar-refractivity contribution is -0.132. The first-order chi connectivity index (χ1) is 12.3. The summed E-state index contributed by atoms with van der Waals surface area (Å²) in [4.78, 5) is 18.1. The lowest BCUT2D eigenvalue weighted by Gasteiger charge is -2.58. The van der Waals surface area contributed by atoms with Gasteiger partial charge in [-0.05, 0) is 36.9 Å². The lowest BCUT2D eigenvalue weighted by Crippen LogP contribution is -2.69. The van der Waals surface area contributed by atoms with Crippen LogP contribution >= 0.6 is 12.4 Å². The summed E-state index contributed by atoms with van der Waals surface area (Å²) >= 11 is 0. The lowest BCUT2D eigenvalue weighted by atomic mass is 9.53. The number of hydrogen-bond acceptors (Lipinski definition) is 3. The molecule has 3 saturated heterocycles. The van der Waals surface area contributed by atoms with Crippen LogP contribution in [0.3, 0.4) is 0 Å². The van der Waals surface area contributed by atoms with Gasteiger partial charge >= 0.3 is 0 Å². The van der Waals surface area contributed by atoms with Crippen LogP contribution in [-0.4, -0.2) is 48.7 Å². The van der Waals surface area contributed by atoms with Crippen LogP contribution in [0, 0.1) is 11.8 Å². The smallest absolute Gasteiger partial charge is 0.229 e. The van der Waals surface area contributed by atoms with Crippen LogP contribution < -0.4 is 4.90 Å². The van der Waals surface area contributed by atoms with E-state index >= 15 is 0 Å². The summed E-state index contributed by atoms with van der Waals surface area (Å²) in [6.45, 7) is 2.97. The van der Waals surface area contributed by atoms with Gasteiger partial charge in [0.25, 0.3) is 0 Å². The van der Waals surface area contributed by atoms with E-state index in [-0.39, 0.29) is 29.8 Å². The molecule has 7 rings (SSSR count). The van der Waals surface area contributed by atoms with E-state index in [1.54, 1.807) is 5.57 Å². The molecule has 1 unspecified atom stereocenters. The first-order valence-corrected chi connectivity index (χ1v) is 9.75. The number of carbonyl (C=O) groups excluding carboxylic acids is 1. The molecule has 4 nitrogen and oxygen atoms in total. The van der Waals surface area contributed by atoms with Gasteiger partial charge in [0.1, 0.15) is 0 Å². The molecule has 0 aromatic heterocycles. The van der Waals surface area contributed by atoms with Gasteiger partial charge in [-0.25, -0.2) is 0 Å². The molecule has 5 aliphatic heterocycles. The molecule has 26 heavy (non-hydrogen) atoms. The number of ether oxygens (including phenoxy) is 1. The van der Waals surface area contributed by atoms with Gasteiger partial charge in [-0.3, -0.25) is 9.69 Å². The molecule has 5 heteroatoms. The molecule has 2 bridgehead atoms. The van der Waals surface area contributed by atoms with Crippen molar-refractivity contribution in [1.29, 1.82) is 0 Å². The standard InChI is InChI=1S/C21H22N2O2.ClH/c24-18-10-16-19-13-9-17-21(6-7-22(17)11-12(13)5-8-25-16)14-3-1-2-4-15(14)23(18)20(19)21;/h1-5,13,16-17,19-20H,6-11H2;1H/t13-,16-,17?,19-,20-,21+;/m0./s1. The Morgan fingerprint density at radius 2 is 2.12 bits per heavy atom. The van der Waals surface area contributed by atoms with Gasteiger partial charge in [0.15, 0.2) is 0 Å². The summed E-state index contributed by atoms with van der Waals surface area (Å²) in [5.74, 6) is 1.35. The largest absolute Gasteiger partial charge is 0.373 e. The molecule has 0 N–H and O–H groups in total. The zero-order chi connectivity index (χ0) is 16.3. The minimum Gasteiger partial charge on any atom is -0.373 e. The molecule has 1 aromatic carbocycles. The summed E-state index contributed by atoms with van der Waals surface area (Å²) in [6.07, 6.45) is 5.43. The number of para-hydroxylation sites is 1. The van der Waals surface area contributed by atoms with Crippen molar-refractivity contribution in [2.75, 3.05) is 24.6 Å². The highest BCUT2D eigenvalue weighted by molar-refractivity contribution is 5.99. The van der Waals surface area contributed by atoms with Crippen LogP contribution in [0.15, 0.2) is 35.9 Å². The van der Waals surface area contributed by atoms with Gasteiger partial charge in [0.05, 0.1) is 25.2 Å². The third-order valence-electron chi connectivity index (χ3n) is 8.22. The van der Waals surface area contributed by atoms with Crippen LogP contribution in [0.5, 0.6) is 0 Å². The summed E-state index contributed by atoms with van der Waals surface area (Å²) in [5, 5.41) is 0. The van der Waals surface area contributed by atoms with E-state index in [0.29, 0.717) is 36.9 Å². The predicted octanol–water partition coefficient (Wildman–Crippen LogP) is 2.51. The number of fused-ring (bicyclic) bond motifs is 2. The van der Waals surface area contributed by atoms with E-state index in [1.807, 2.05) is 0 Å². The maximum atomic E-state index is 13.2. The zero-order valence-electron chi connectivity index (χ0n) is 14.6. The quantitative estimate of drug-likeness (QED) is 0.658. The van der Waals surface area contributed by atoms with Gasteiger partial charge in [-0.15, -0.1) is 12.4 Å². The van der Waals surface area contributed by atoms with E-state index in [0.717, 1.165) is 6.54 Å². The number of nitrogens with zero attached hydrogens (tertiary/aromatic N) is 2. The number of anilines is 1. The second kappa shape index (κ2) is 4.92. The monoisotopic (exact) mass is 370 g/mol. The Bertz CT molecular complexity index is 854. The second-order valence-electron chi connectivity index (χ2n) is 8.78. The SMILES string of the molecule is Cl.O=C1C[C@@H]2OCC=C3CN4CC[C@]56c7ccccc7N1[C@H]5[C@H]2[C@H]3CC46. The molecular weight excluding hydrogens is 348 g/mol. The number of piperidine rings is 2. The normalized spacial score (nSPS) is 44.2. The van der Waals surface area contributed by atoms with Crippen LogP contribution in [0.4, 0.5) is 5.69 Å². The minimum absolute atomic E-state index is 0. The van der Waals surface area contributed by atoms with E-state index < -0.39 is 0 Å². The highest BCUT2D eigenvalue weighted by Gasteiger charge is 2.70. The molecule has 1 spiro atoms. The van der Waals surface area contributed by atoms with Gasteiger partial charge in [0, 0.05) is 29.6 Å². The average Bonchev–Trinajstić information content (AvgIpc) is 3.10. The Morgan fingerprint density at radius 1 is 1.23 bits per heavy atom. The Hall–Kier alpha value is -1.36. The van der Waals surface area contributed by atoms with Gasteiger partial charge in [0.2, 0.25) is 5.91 Å². The van der Waals surface area contributed by atoms with Crippen molar-refractivity contribution in [3.63, 3.8) is 0 Å². The van der Waals surface area contributed by atoms with Gasteiger partial charge in [-0.2, -0.15) is 0 Å². The van der Waals surface area contributed by atoms with E-state index in [2.05, 4.69) is 40.1 Å². The molecule has 0 radical (unpaired) electrons. The molecule has 136 valence electrons. The second-order valence-corrected chi connectivity index (χ2v) is 8.78. The van der Waals surface area contributed by atoms with Crippen LogP contribution in [0.1, 0.15) is 24.8 Å². The Labute approximate surface area is 159 Å². The first kappa shape index (κ1) is 15.7.